The monoisotopic (exact) mass is 473 g/mol. The fraction of sp³-hybridized carbons (Fsp3) is 0.222. The summed E-state index contributed by atoms with van der Waals surface area (Å²) in [5.41, 5.74) is 3.16. The largest absolute Gasteiger partial charge is 0.497 e. The van der Waals surface area contributed by atoms with Crippen molar-refractivity contribution in [2.24, 2.45) is 10.2 Å². The SMILES string of the molecule is COc1ccc(/C=N\N=C2\S/C(=C\c3ccc(C(C)(C)C)cc3)C(=O)N2Cc2ccco2)cc1. The van der Waals surface area contributed by atoms with Gasteiger partial charge in [0.1, 0.15) is 11.5 Å². The van der Waals surface area contributed by atoms with E-state index in [1.54, 1.807) is 30.6 Å². The van der Waals surface area contributed by atoms with Crippen molar-refractivity contribution in [3.63, 3.8) is 0 Å². The Labute approximate surface area is 204 Å². The van der Waals surface area contributed by atoms with E-state index in [1.807, 2.05) is 48.5 Å². The Bertz CT molecular complexity index is 1220. The van der Waals surface area contributed by atoms with Crippen LogP contribution >= 0.6 is 11.8 Å². The molecule has 34 heavy (non-hydrogen) atoms. The number of furan rings is 1. The second-order valence-electron chi connectivity index (χ2n) is 8.85. The maximum Gasteiger partial charge on any atom is 0.267 e. The average molecular weight is 474 g/mol. The van der Waals surface area contributed by atoms with Crippen molar-refractivity contribution in [3.8, 4) is 5.75 Å². The van der Waals surface area contributed by atoms with Crippen molar-refractivity contribution in [2.45, 2.75) is 32.7 Å². The number of rotatable bonds is 6. The van der Waals surface area contributed by atoms with Crippen LogP contribution in [0.15, 0.2) is 86.5 Å². The molecule has 1 aromatic heterocycles. The fourth-order valence-corrected chi connectivity index (χ4v) is 4.28. The molecule has 0 unspecified atom stereocenters. The van der Waals surface area contributed by atoms with E-state index in [1.165, 1.54) is 17.3 Å². The molecule has 1 aliphatic rings. The van der Waals surface area contributed by atoms with Gasteiger partial charge in [-0.3, -0.25) is 9.69 Å². The predicted molar refractivity (Wildman–Crippen MR) is 138 cm³/mol. The van der Waals surface area contributed by atoms with Gasteiger partial charge < -0.3 is 9.15 Å². The molecule has 174 valence electrons. The molecule has 2 heterocycles. The highest BCUT2D eigenvalue weighted by atomic mass is 32.2. The van der Waals surface area contributed by atoms with Crippen molar-refractivity contribution in [1.82, 2.24) is 4.90 Å². The van der Waals surface area contributed by atoms with Gasteiger partial charge in [0.05, 0.1) is 31.0 Å². The van der Waals surface area contributed by atoms with E-state index in [2.05, 4.69) is 43.1 Å². The molecule has 1 saturated heterocycles. The molecule has 0 saturated carbocycles. The number of amidine groups is 1. The number of thioether (sulfide) groups is 1. The normalized spacial score (nSPS) is 16.8. The molecule has 1 fully saturated rings. The van der Waals surface area contributed by atoms with Crippen LogP contribution in [-0.4, -0.2) is 29.3 Å². The Morgan fingerprint density at radius 3 is 2.35 bits per heavy atom. The summed E-state index contributed by atoms with van der Waals surface area (Å²) in [5.74, 6) is 1.33. The van der Waals surface area contributed by atoms with Gasteiger partial charge in [-0.1, -0.05) is 45.0 Å². The number of nitrogens with zero attached hydrogens (tertiary/aromatic N) is 3. The van der Waals surface area contributed by atoms with Crippen LogP contribution < -0.4 is 4.74 Å². The van der Waals surface area contributed by atoms with Crippen LogP contribution in [-0.2, 0) is 16.8 Å². The summed E-state index contributed by atoms with van der Waals surface area (Å²) in [5, 5.41) is 9.08. The van der Waals surface area contributed by atoms with E-state index in [-0.39, 0.29) is 17.9 Å². The Morgan fingerprint density at radius 2 is 1.74 bits per heavy atom. The highest BCUT2D eigenvalue weighted by Gasteiger charge is 2.34. The van der Waals surface area contributed by atoms with Crippen LogP contribution in [0.25, 0.3) is 6.08 Å². The quantitative estimate of drug-likeness (QED) is 0.247. The fourth-order valence-electron chi connectivity index (χ4n) is 3.35. The molecule has 6 nitrogen and oxygen atoms in total. The number of amides is 1. The van der Waals surface area contributed by atoms with Gasteiger partial charge in [0.15, 0.2) is 5.17 Å². The summed E-state index contributed by atoms with van der Waals surface area (Å²) in [6.07, 6.45) is 5.13. The van der Waals surface area contributed by atoms with E-state index in [4.69, 9.17) is 9.15 Å². The molecule has 0 aliphatic carbocycles. The zero-order valence-corrected chi connectivity index (χ0v) is 20.5. The number of carbonyl (C=O) groups is 1. The molecule has 7 heteroatoms. The average Bonchev–Trinajstić information content (AvgIpc) is 3.44. The van der Waals surface area contributed by atoms with Crippen LogP contribution in [0.2, 0.25) is 0 Å². The van der Waals surface area contributed by atoms with E-state index in [9.17, 15) is 4.79 Å². The third-order valence-electron chi connectivity index (χ3n) is 5.32. The molecule has 4 rings (SSSR count). The summed E-state index contributed by atoms with van der Waals surface area (Å²) in [4.78, 5) is 15.4. The van der Waals surface area contributed by atoms with Crippen molar-refractivity contribution in [2.75, 3.05) is 7.11 Å². The molecule has 0 atom stereocenters. The third kappa shape index (κ3) is 5.66. The zero-order valence-electron chi connectivity index (χ0n) is 19.7. The lowest BCUT2D eigenvalue weighted by Gasteiger charge is -2.18. The molecular weight excluding hydrogens is 446 g/mol. The number of ether oxygens (including phenoxy) is 1. The number of hydrogen-bond donors (Lipinski definition) is 0. The first kappa shape index (κ1) is 23.6. The first-order chi connectivity index (χ1) is 16.3. The summed E-state index contributed by atoms with van der Waals surface area (Å²) in [6, 6.07) is 19.4. The standard InChI is InChI=1S/C27H27N3O3S/c1-27(2,3)21-11-7-19(8-12-21)16-24-25(31)30(18-23-6-5-15-33-23)26(34-24)29-28-17-20-9-13-22(32-4)14-10-20/h5-17H,18H2,1-4H3/b24-16-,28-17-,29-26+. The second kappa shape index (κ2) is 10.1. The van der Waals surface area contributed by atoms with Gasteiger partial charge in [-0.2, -0.15) is 5.10 Å². The van der Waals surface area contributed by atoms with Crippen molar-refractivity contribution >= 4 is 35.1 Å². The Balaban J connectivity index is 1.58. The van der Waals surface area contributed by atoms with Gasteiger partial charge in [-0.05, 0) is 76.3 Å². The summed E-state index contributed by atoms with van der Waals surface area (Å²) < 4.78 is 10.6. The minimum absolute atomic E-state index is 0.0746. The Hall–Kier alpha value is -3.58. The lowest BCUT2D eigenvalue weighted by Crippen LogP contribution is -2.28. The van der Waals surface area contributed by atoms with Crippen LogP contribution in [0.4, 0.5) is 0 Å². The van der Waals surface area contributed by atoms with Crippen molar-refractivity contribution in [3.05, 3.63) is 94.3 Å². The predicted octanol–water partition coefficient (Wildman–Crippen LogP) is 6.09. The Morgan fingerprint density at radius 1 is 1.03 bits per heavy atom. The molecule has 1 amide bonds. The maximum atomic E-state index is 13.2. The molecule has 3 aromatic rings. The van der Waals surface area contributed by atoms with Crippen molar-refractivity contribution in [1.29, 1.82) is 0 Å². The van der Waals surface area contributed by atoms with Gasteiger partial charge in [0, 0.05) is 0 Å². The molecule has 0 spiro atoms. The molecule has 0 N–H and O–H groups in total. The smallest absolute Gasteiger partial charge is 0.267 e. The number of carbonyl (C=O) groups excluding carboxylic acids is 1. The first-order valence-electron chi connectivity index (χ1n) is 10.9. The lowest BCUT2D eigenvalue weighted by atomic mass is 9.87. The molecule has 0 radical (unpaired) electrons. The molecule has 2 aromatic carbocycles. The van der Waals surface area contributed by atoms with Crippen LogP contribution in [0.3, 0.4) is 0 Å². The van der Waals surface area contributed by atoms with Crippen LogP contribution in [0.1, 0.15) is 43.2 Å². The van der Waals surface area contributed by atoms with Gasteiger partial charge in [-0.25, -0.2) is 0 Å². The van der Waals surface area contributed by atoms with E-state index >= 15 is 0 Å². The third-order valence-corrected chi connectivity index (χ3v) is 6.32. The highest BCUT2D eigenvalue weighted by Crippen LogP contribution is 2.34. The van der Waals surface area contributed by atoms with E-state index in [0.717, 1.165) is 16.9 Å². The van der Waals surface area contributed by atoms with Gasteiger partial charge in [0.2, 0.25) is 0 Å². The molecule has 0 bridgehead atoms. The number of hydrogen-bond acceptors (Lipinski definition) is 6. The topological polar surface area (TPSA) is 67.4 Å². The maximum absolute atomic E-state index is 13.2. The van der Waals surface area contributed by atoms with E-state index < -0.39 is 0 Å². The minimum Gasteiger partial charge on any atom is -0.497 e. The van der Waals surface area contributed by atoms with Gasteiger partial charge in [0.25, 0.3) is 5.91 Å². The summed E-state index contributed by atoms with van der Waals surface area (Å²) in [7, 11) is 1.63. The summed E-state index contributed by atoms with van der Waals surface area (Å²) >= 11 is 1.31. The van der Waals surface area contributed by atoms with Gasteiger partial charge >= 0.3 is 0 Å². The van der Waals surface area contributed by atoms with Crippen LogP contribution in [0, 0.1) is 0 Å². The van der Waals surface area contributed by atoms with Crippen molar-refractivity contribution < 1.29 is 13.9 Å². The highest BCUT2D eigenvalue weighted by molar-refractivity contribution is 8.18. The first-order valence-corrected chi connectivity index (χ1v) is 11.7. The number of methoxy groups -OCH3 is 1. The minimum atomic E-state index is -0.125. The van der Waals surface area contributed by atoms with E-state index in [0.29, 0.717) is 15.8 Å². The zero-order chi connectivity index (χ0) is 24.1. The van der Waals surface area contributed by atoms with Gasteiger partial charge in [-0.15, -0.1) is 5.10 Å². The molecular formula is C27H27N3O3S. The second-order valence-corrected chi connectivity index (χ2v) is 9.86. The Kier molecular flexibility index (Phi) is 7.03. The van der Waals surface area contributed by atoms with Crippen LogP contribution in [0.5, 0.6) is 5.75 Å². The molecule has 1 aliphatic heterocycles. The summed E-state index contributed by atoms with van der Waals surface area (Å²) in [6.45, 7) is 6.83. The number of benzene rings is 2. The lowest BCUT2D eigenvalue weighted by molar-refractivity contribution is -0.122.